The van der Waals surface area contributed by atoms with Crippen LogP contribution in [0.4, 0.5) is 0 Å². The van der Waals surface area contributed by atoms with Gasteiger partial charge in [0.25, 0.3) is 5.91 Å². The average Bonchev–Trinajstić information content (AvgIpc) is 2.30. The number of amides is 1. The van der Waals surface area contributed by atoms with Crippen molar-refractivity contribution in [3.8, 4) is 5.75 Å². The number of hydrogen-bond acceptors (Lipinski definition) is 3. The van der Waals surface area contributed by atoms with Crippen molar-refractivity contribution in [2.24, 2.45) is 0 Å². The largest absolute Gasteiger partial charge is 0.507 e. The molecule has 1 saturated heterocycles. The number of carbonyl (C=O) groups is 1. The van der Waals surface area contributed by atoms with Crippen molar-refractivity contribution in [1.29, 1.82) is 0 Å². The smallest absolute Gasteiger partial charge is 0.281 e. The highest BCUT2D eigenvalue weighted by Crippen LogP contribution is 2.19. The fourth-order valence-corrected chi connectivity index (χ4v) is 1.55. The molecule has 0 aromatic heterocycles. The van der Waals surface area contributed by atoms with Crippen LogP contribution >= 0.6 is 0 Å². The maximum absolute atomic E-state index is 11.9. The van der Waals surface area contributed by atoms with E-state index in [-0.39, 0.29) is 11.7 Å². The maximum atomic E-state index is 11.9. The molecule has 4 heteroatoms. The molecule has 1 aromatic carbocycles. The Kier molecular flexibility index (Phi) is 2.87. The number of benzene rings is 1. The minimum Gasteiger partial charge on any atom is -0.507 e. The molecule has 1 fully saturated rings. The van der Waals surface area contributed by atoms with E-state index >= 15 is 0 Å². The molecule has 1 aromatic rings. The maximum Gasteiger partial charge on any atom is 0.281 e. The second kappa shape index (κ2) is 4.31. The van der Waals surface area contributed by atoms with Gasteiger partial charge in [-0.3, -0.25) is 9.63 Å². The van der Waals surface area contributed by atoms with Gasteiger partial charge < -0.3 is 5.11 Å². The Morgan fingerprint density at radius 3 is 2.80 bits per heavy atom. The molecule has 1 aliphatic heterocycles. The molecule has 2 rings (SSSR count). The van der Waals surface area contributed by atoms with E-state index in [1.54, 1.807) is 18.2 Å². The first-order valence-electron chi connectivity index (χ1n) is 5.02. The summed E-state index contributed by atoms with van der Waals surface area (Å²) in [5.41, 5.74) is 0.291. The van der Waals surface area contributed by atoms with Gasteiger partial charge in [0.05, 0.1) is 12.2 Å². The third-order valence-electron chi connectivity index (χ3n) is 2.36. The number of phenols is 1. The molecule has 0 aliphatic carbocycles. The summed E-state index contributed by atoms with van der Waals surface area (Å²) in [7, 11) is 0. The highest BCUT2D eigenvalue weighted by Gasteiger charge is 2.21. The fraction of sp³-hybridized carbons (Fsp3) is 0.364. The van der Waals surface area contributed by atoms with E-state index in [0.29, 0.717) is 18.7 Å². The Bertz CT molecular complexity index is 359. The topological polar surface area (TPSA) is 49.8 Å². The van der Waals surface area contributed by atoms with Crippen LogP contribution < -0.4 is 0 Å². The lowest BCUT2D eigenvalue weighted by Gasteiger charge is -2.25. The summed E-state index contributed by atoms with van der Waals surface area (Å²) in [6, 6.07) is 6.49. The minimum atomic E-state index is -0.271. The molecule has 4 nitrogen and oxygen atoms in total. The van der Waals surface area contributed by atoms with Gasteiger partial charge in [-0.1, -0.05) is 12.1 Å². The summed E-state index contributed by atoms with van der Waals surface area (Å²) < 4.78 is 0. The van der Waals surface area contributed by atoms with Crippen LogP contribution in [0.25, 0.3) is 0 Å². The van der Waals surface area contributed by atoms with Crippen LogP contribution in [0.1, 0.15) is 23.2 Å². The molecular weight excluding hydrogens is 194 g/mol. The van der Waals surface area contributed by atoms with E-state index in [1.807, 2.05) is 0 Å². The summed E-state index contributed by atoms with van der Waals surface area (Å²) in [5, 5.41) is 10.8. The third kappa shape index (κ3) is 2.10. The molecule has 0 atom stereocenters. The standard InChI is InChI=1S/C11H13NO3/c13-10-6-2-1-5-9(10)11(14)12-7-3-4-8-15-12/h1-2,5-6,13H,3-4,7-8H2. The Labute approximate surface area is 88.0 Å². The lowest BCUT2D eigenvalue weighted by molar-refractivity contribution is -0.144. The highest BCUT2D eigenvalue weighted by atomic mass is 16.7. The first-order chi connectivity index (χ1) is 7.29. The third-order valence-corrected chi connectivity index (χ3v) is 2.36. The Hall–Kier alpha value is -1.55. The number of rotatable bonds is 1. The van der Waals surface area contributed by atoms with E-state index in [1.165, 1.54) is 11.1 Å². The zero-order chi connectivity index (χ0) is 10.7. The van der Waals surface area contributed by atoms with Gasteiger partial charge >= 0.3 is 0 Å². The van der Waals surface area contributed by atoms with E-state index in [0.717, 1.165) is 12.8 Å². The molecule has 1 N–H and O–H groups in total. The predicted molar refractivity (Wildman–Crippen MR) is 54.3 cm³/mol. The molecule has 1 amide bonds. The van der Waals surface area contributed by atoms with Crippen molar-refractivity contribution >= 4 is 5.91 Å². The van der Waals surface area contributed by atoms with Gasteiger partial charge in [0.15, 0.2) is 0 Å². The van der Waals surface area contributed by atoms with Gasteiger partial charge in [-0.2, -0.15) is 0 Å². The van der Waals surface area contributed by atoms with Crippen LogP contribution in [0.15, 0.2) is 24.3 Å². The van der Waals surface area contributed by atoms with Crippen LogP contribution in [0, 0.1) is 0 Å². The minimum absolute atomic E-state index is 0.00308. The summed E-state index contributed by atoms with van der Waals surface area (Å²) in [6.45, 7) is 1.16. The number of hydrogen-bond donors (Lipinski definition) is 1. The highest BCUT2D eigenvalue weighted by molar-refractivity contribution is 5.96. The van der Waals surface area contributed by atoms with E-state index in [4.69, 9.17) is 4.84 Å². The van der Waals surface area contributed by atoms with Crippen molar-refractivity contribution in [2.75, 3.05) is 13.2 Å². The van der Waals surface area contributed by atoms with Gasteiger partial charge in [-0.05, 0) is 25.0 Å². The summed E-state index contributed by atoms with van der Waals surface area (Å²) in [4.78, 5) is 17.1. The predicted octanol–water partition coefficient (Wildman–Crippen LogP) is 1.56. The molecule has 0 bridgehead atoms. The van der Waals surface area contributed by atoms with Gasteiger partial charge in [0.2, 0.25) is 0 Å². The number of hydroxylamine groups is 2. The van der Waals surface area contributed by atoms with Crippen molar-refractivity contribution in [3.63, 3.8) is 0 Å². The van der Waals surface area contributed by atoms with Gasteiger partial charge in [-0.25, -0.2) is 5.06 Å². The summed E-state index contributed by atoms with van der Waals surface area (Å²) in [5.74, 6) is -0.274. The molecule has 0 spiro atoms. The SMILES string of the molecule is O=C(c1ccccc1O)N1CCCCO1. The van der Waals surface area contributed by atoms with Crippen molar-refractivity contribution in [1.82, 2.24) is 5.06 Å². The van der Waals surface area contributed by atoms with Gasteiger partial charge in [0, 0.05) is 6.54 Å². The summed E-state index contributed by atoms with van der Waals surface area (Å²) in [6.07, 6.45) is 1.92. The zero-order valence-electron chi connectivity index (χ0n) is 8.35. The van der Waals surface area contributed by atoms with Crippen LogP contribution in [-0.4, -0.2) is 29.2 Å². The van der Waals surface area contributed by atoms with Gasteiger partial charge in [0.1, 0.15) is 5.75 Å². The molecule has 0 unspecified atom stereocenters. The van der Waals surface area contributed by atoms with Crippen LogP contribution in [0.2, 0.25) is 0 Å². The second-order valence-electron chi connectivity index (χ2n) is 3.46. The fourth-order valence-electron chi connectivity index (χ4n) is 1.55. The first kappa shape index (κ1) is 9.98. The lowest BCUT2D eigenvalue weighted by atomic mass is 10.2. The molecule has 0 saturated carbocycles. The van der Waals surface area contributed by atoms with Crippen LogP contribution in [0.3, 0.4) is 0 Å². The number of phenolic OH excluding ortho intramolecular Hbond substituents is 1. The molecule has 1 heterocycles. The number of para-hydroxylation sites is 1. The van der Waals surface area contributed by atoms with Crippen molar-refractivity contribution in [3.05, 3.63) is 29.8 Å². The lowest BCUT2D eigenvalue weighted by Crippen LogP contribution is -2.35. The molecule has 1 aliphatic rings. The van der Waals surface area contributed by atoms with Crippen LogP contribution in [-0.2, 0) is 4.84 Å². The molecule has 15 heavy (non-hydrogen) atoms. The molecule has 0 radical (unpaired) electrons. The number of nitrogens with zero attached hydrogens (tertiary/aromatic N) is 1. The average molecular weight is 207 g/mol. The molecular formula is C11H13NO3. The van der Waals surface area contributed by atoms with E-state index in [2.05, 4.69) is 0 Å². The Morgan fingerprint density at radius 1 is 1.33 bits per heavy atom. The van der Waals surface area contributed by atoms with E-state index in [9.17, 15) is 9.90 Å². The first-order valence-corrected chi connectivity index (χ1v) is 5.02. The normalized spacial score (nSPS) is 16.4. The summed E-state index contributed by atoms with van der Waals surface area (Å²) >= 11 is 0. The Morgan fingerprint density at radius 2 is 2.13 bits per heavy atom. The number of carbonyl (C=O) groups excluding carboxylic acids is 1. The Balaban J connectivity index is 2.16. The quantitative estimate of drug-likeness (QED) is 0.760. The molecule has 80 valence electrons. The monoisotopic (exact) mass is 207 g/mol. The van der Waals surface area contributed by atoms with Crippen LogP contribution in [0.5, 0.6) is 5.75 Å². The zero-order valence-corrected chi connectivity index (χ0v) is 8.35. The van der Waals surface area contributed by atoms with Crippen molar-refractivity contribution in [2.45, 2.75) is 12.8 Å². The number of aromatic hydroxyl groups is 1. The van der Waals surface area contributed by atoms with Gasteiger partial charge in [-0.15, -0.1) is 0 Å². The van der Waals surface area contributed by atoms with E-state index < -0.39 is 0 Å². The van der Waals surface area contributed by atoms with Crippen molar-refractivity contribution < 1.29 is 14.7 Å². The second-order valence-corrected chi connectivity index (χ2v) is 3.46.